The number of ether oxygens (including phenoxy) is 1. The summed E-state index contributed by atoms with van der Waals surface area (Å²) in [7, 11) is 1.26. The molecular weight excluding hydrogens is 462 g/mol. The van der Waals surface area contributed by atoms with Crippen LogP contribution in [0.25, 0.3) is 0 Å². The Morgan fingerprint density at radius 1 is 1.47 bits per heavy atom. The van der Waals surface area contributed by atoms with Crippen molar-refractivity contribution < 1.29 is 33.9 Å². The van der Waals surface area contributed by atoms with Gasteiger partial charge in [-0.3, -0.25) is 14.5 Å². The average Bonchev–Trinajstić information content (AvgIpc) is 3.37. The third kappa shape index (κ3) is 3.93. The Hall–Kier alpha value is -3.39. The average molecular weight is 479 g/mol. The summed E-state index contributed by atoms with van der Waals surface area (Å²) in [6.07, 6.45) is 2.42. The third-order valence-corrected chi connectivity index (χ3v) is 6.87. The van der Waals surface area contributed by atoms with Crippen molar-refractivity contribution in [2.45, 2.75) is 23.9 Å². The second-order valence-electron chi connectivity index (χ2n) is 6.85. The van der Waals surface area contributed by atoms with Gasteiger partial charge in [0.05, 0.1) is 0 Å². The molecule has 3 atom stereocenters. The van der Waals surface area contributed by atoms with Crippen molar-refractivity contribution in [3.05, 3.63) is 34.5 Å². The van der Waals surface area contributed by atoms with Crippen molar-refractivity contribution in [2.75, 3.05) is 18.6 Å². The van der Waals surface area contributed by atoms with Crippen LogP contribution in [0.5, 0.6) is 0 Å². The molecule has 4 heterocycles. The second-order valence-corrected chi connectivity index (χ2v) is 8.84. The van der Waals surface area contributed by atoms with E-state index in [1.165, 1.54) is 30.3 Å². The fourth-order valence-electron chi connectivity index (χ4n) is 3.51. The van der Waals surface area contributed by atoms with Crippen LogP contribution in [-0.4, -0.2) is 74.8 Å². The van der Waals surface area contributed by atoms with Crippen molar-refractivity contribution in [3.8, 4) is 0 Å². The van der Waals surface area contributed by atoms with Gasteiger partial charge in [0.15, 0.2) is 10.8 Å². The zero-order valence-corrected chi connectivity index (χ0v) is 18.1. The predicted octanol–water partition coefficient (Wildman–Crippen LogP) is -0.314. The predicted molar refractivity (Wildman–Crippen MR) is 113 cm³/mol. The number of β-lactam (4-membered cyclic amide) rings is 1. The number of carbonyl (C=O) groups excluding carboxylic acids is 3. The van der Waals surface area contributed by atoms with E-state index >= 15 is 0 Å². The van der Waals surface area contributed by atoms with Gasteiger partial charge in [0.2, 0.25) is 0 Å². The van der Waals surface area contributed by atoms with Crippen LogP contribution in [0.2, 0.25) is 0 Å². The minimum Gasteiger partial charge on any atom is -0.477 e. The number of carboxylic acid groups (broad SMARTS) is 1. The first-order valence-electron chi connectivity index (χ1n) is 9.22. The summed E-state index contributed by atoms with van der Waals surface area (Å²) in [5, 5.41) is 17.1. The number of hydrogen-bond acceptors (Lipinski definition) is 11. The van der Waals surface area contributed by atoms with Crippen LogP contribution in [0.4, 0.5) is 5.13 Å². The molecule has 1 fully saturated rings. The minimum atomic E-state index is -1.27. The Morgan fingerprint density at radius 2 is 2.25 bits per heavy atom. The number of oxime groups is 1. The molecule has 14 heteroatoms. The van der Waals surface area contributed by atoms with E-state index in [2.05, 4.69) is 15.5 Å². The summed E-state index contributed by atoms with van der Waals surface area (Å²) in [5.74, 6) is -2.74. The number of fused-ring (bicyclic) bond motifs is 1. The third-order valence-electron chi connectivity index (χ3n) is 4.86. The molecule has 4 rings (SSSR count). The van der Waals surface area contributed by atoms with Gasteiger partial charge in [0.25, 0.3) is 11.8 Å². The minimum absolute atomic E-state index is 0.154. The maximum absolute atomic E-state index is 12.8. The Morgan fingerprint density at radius 3 is 2.84 bits per heavy atom. The molecule has 3 aliphatic rings. The normalized spacial score (nSPS) is 24.7. The first-order chi connectivity index (χ1) is 15.3. The Labute approximate surface area is 189 Å². The molecule has 168 valence electrons. The number of cyclic esters (lactones) is 1. The number of thioether (sulfide) groups is 1. The highest BCUT2D eigenvalue weighted by atomic mass is 32.2. The van der Waals surface area contributed by atoms with E-state index in [-0.39, 0.29) is 28.7 Å². The lowest BCUT2D eigenvalue weighted by molar-refractivity contribution is -0.150. The Balaban J connectivity index is 1.50. The quantitative estimate of drug-likeness (QED) is 0.204. The molecule has 0 bridgehead atoms. The summed E-state index contributed by atoms with van der Waals surface area (Å²) in [4.78, 5) is 58.6. The zero-order chi connectivity index (χ0) is 23.0. The summed E-state index contributed by atoms with van der Waals surface area (Å²) in [6, 6.07) is -0.953. The number of carbonyl (C=O) groups is 4. The Kier molecular flexibility index (Phi) is 5.88. The highest BCUT2D eigenvalue weighted by molar-refractivity contribution is 8.00. The van der Waals surface area contributed by atoms with Gasteiger partial charge in [-0.25, -0.2) is 14.6 Å². The van der Waals surface area contributed by atoms with Crippen LogP contribution >= 0.6 is 23.1 Å². The Bertz CT molecular complexity index is 1100. The maximum Gasteiger partial charge on any atom is 0.352 e. The highest BCUT2D eigenvalue weighted by Gasteiger charge is 2.54. The molecule has 0 aromatic carbocycles. The first-order valence-corrected chi connectivity index (χ1v) is 11.1. The SMILES string of the molecule is CO/N=C(/C(=O)N[C@@H]1C(=O)N2C(C(=O)O)=C(CC3C=CC(=O)O3)CS[C@H]12)c1csc(N)n1. The number of nitrogens with one attached hydrogen (secondary N) is 1. The topological polar surface area (TPSA) is 174 Å². The number of anilines is 1. The number of aromatic nitrogens is 1. The van der Waals surface area contributed by atoms with Gasteiger partial charge in [-0.15, -0.1) is 23.1 Å². The number of nitrogens with two attached hydrogens (primary N) is 1. The number of thiazole rings is 1. The lowest BCUT2D eigenvalue weighted by atomic mass is 9.99. The van der Waals surface area contributed by atoms with E-state index in [4.69, 9.17) is 15.3 Å². The van der Waals surface area contributed by atoms with E-state index in [0.717, 1.165) is 16.2 Å². The van der Waals surface area contributed by atoms with E-state index in [0.29, 0.717) is 11.3 Å². The molecule has 3 aliphatic heterocycles. The van der Waals surface area contributed by atoms with Crippen LogP contribution < -0.4 is 11.1 Å². The molecule has 1 aromatic rings. The molecular formula is C18H17N5O7S2. The molecule has 4 N–H and O–H groups in total. The van der Waals surface area contributed by atoms with E-state index in [9.17, 15) is 24.3 Å². The standard InChI is InChI=1S/C18H17N5O7S2/c1-29-22-11(9-6-32-18(19)20-9)14(25)21-12-15(26)23-13(17(27)28)7(5-31-16(12)23)4-8-2-3-10(24)30-8/h2-3,6,8,12,16H,4-5H2,1H3,(H2,19,20)(H,21,25)(H,27,28)/b22-11+/t8?,12-,16-/m1/s1. The number of carboxylic acids is 1. The summed E-state index contributed by atoms with van der Waals surface area (Å²) in [6.45, 7) is 0. The smallest absolute Gasteiger partial charge is 0.352 e. The van der Waals surface area contributed by atoms with Crippen molar-refractivity contribution in [1.82, 2.24) is 15.2 Å². The van der Waals surface area contributed by atoms with Gasteiger partial charge in [0.1, 0.15) is 36.0 Å². The summed E-state index contributed by atoms with van der Waals surface area (Å²) < 4.78 is 5.08. The highest BCUT2D eigenvalue weighted by Crippen LogP contribution is 2.41. The van der Waals surface area contributed by atoms with Crippen molar-refractivity contribution in [2.24, 2.45) is 5.16 Å². The molecule has 0 radical (unpaired) electrons. The van der Waals surface area contributed by atoms with Crippen LogP contribution in [0.3, 0.4) is 0 Å². The fourth-order valence-corrected chi connectivity index (χ4v) is 5.42. The molecule has 1 saturated heterocycles. The van der Waals surface area contributed by atoms with Gasteiger partial charge in [0, 0.05) is 23.6 Å². The van der Waals surface area contributed by atoms with Crippen molar-refractivity contribution in [1.29, 1.82) is 0 Å². The van der Waals surface area contributed by atoms with Gasteiger partial charge >= 0.3 is 11.9 Å². The van der Waals surface area contributed by atoms with E-state index < -0.39 is 41.3 Å². The van der Waals surface area contributed by atoms with E-state index in [1.54, 1.807) is 6.08 Å². The molecule has 1 aromatic heterocycles. The second kappa shape index (κ2) is 8.63. The summed E-state index contributed by atoms with van der Waals surface area (Å²) in [5.41, 5.74) is 5.96. The number of nitrogen functional groups attached to an aromatic ring is 1. The monoisotopic (exact) mass is 479 g/mol. The molecule has 32 heavy (non-hydrogen) atoms. The van der Waals surface area contributed by atoms with Gasteiger partial charge in [-0.1, -0.05) is 5.16 Å². The first kappa shape index (κ1) is 21.8. The van der Waals surface area contributed by atoms with Crippen molar-refractivity contribution in [3.63, 3.8) is 0 Å². The maximum atomic E-state index is 12.8. The van der Waals surface area contributed by atoms with Gasteiger partial charge < -0.3 is 25.7 Å². The lowest BCUT2D eigenvalue weighted by Crippen LogP contribution is -2.71. The number of rotatable bonds is 7. The molecule has 2 amide bonds. The van der Waals surface area contributed by atoms with Crippen LogP contribution in [0, 0.1) is 0 Å². The fraction of sp³-hybridized carbons (Fsp3) is 0.333. The van der Waals surface area contributed by atoms with Gasteiger partial charge in [-0.2, -0.15) is 0 Å². The zero-order valence-electron chi connectivity index (χ0n) is 16.5. The number of aliphatic carboxylic acids is 1. The number of nitrogens with zero attached hydrogens (tertiary/aromatic N) is 3. The van der Waals surface area contributed by atoms with Crippen LogP contribution in [0.15, 0.2) is 34.0 Å². The number of hydrogen-bond donors (Lipinski definition) is 3. The molecule has 0 aliphatic carbocycles. The summed E-state index contributed by atoms with van der Waals surface area (Å²) >= 11 is 2.42. The largest absolute Gasteiger partial charge is 0.477 e. The molecule has 0 spiro atoms. The molecule has 1 unspecified atom stereocenters. The van der Waals surface area contributed by atoms with Gasteiger partial charge in [-0.05, 0) is 11.6 Å². The molecule has 12 nitrogen and oxygen atoms in total. The van der Waals surface area contributed by atoms with Crippen LogP contribution in [0.1, 0.15) is 12.1 Å². The number of esters is 1. The lowest BCUT2D eigenvalue weighted by Gasteiger charge is -2.49. The van der Waals surface area contributed by atoms with Crippen molar-refractivity contribution >= 4 is 57.7 Å². The van der Waals surface area contributed by atoms with E-state index in [1.807, 2.05) is 0 Å². The molecule has 0 saturated carbocycles. The van der Waals surface area contributed by atoms with Crippen LogP contribution in [-0.2, 0) is 28.8 Å². The number of amides is 2.